The van der Waals surface area contributed by atoms with E-state index in [2.05, 4.69) is 5.32 Å². The number of hydrogen-bond donors (Lipinski definition) is 1. The summed E-state index contributed by atoms with van der Waals surface area (Å²) < 4.78 is 18.8. The van der Waals surface area contributed by atoms with Gasteiger partial charge >= 0.3 is 0 Å². The molecule has 0 fully saturated rings. The molecular formula is C15H17FN2OS. The van der Waals surface area contributed by atoms with E-state index in [1.165, 1.54) is 24.5 Å². The molecule has 20 heavy (non-hydrogen) atoms. The standard InChI is InChI=1S/C15H17FN2OS/c1-17-11-4-3-5-13-14(11)18-15(20-13)9-6-7-12(19-2)10(16)8-9/h6-8,11,17H,3-5H2,1-2H3. The molecule has 106 valence electrons. The number of methoxy groups -OCH3 is 1. The molecule has 5 heteroatoms. The van der Waals surface area contributed by atoms with Crippen LogP contribution in [0.5, 0.6) is 5.75 Å². The van der Waals surface area contributed by atoms with Crippen LogP contribution < -0.4 is 10.1 Å². The van der Waals surface area contributed by atoms with E-state index in [1.807, 2.05) is 13.1 Å². The van der Waals surface area contributed by atoms with Crippen LogP contribution in [0.25, 0.3) is 10.6 Å². The summed E-state index contributed by atoms with van der Waals surface area (Å²) in [7, 11) is 3.43. The summed E-state index contributed by atoms with van der Waals surface area (Å²) >= 11 is 1.67. The van der Waals surface area contributed by atoms with E-state index >= 15 is 0 Å². The van der Waals surface area contributed by atoms with E-state index in [4.69, 9.17) is 9.72 Å². The highest BCUT2D eigenvalue weighted by Gasteiger charge is 2.24. The average Bonchev–Trinajstić information content (AvgIpc) is 2.91. The molecule has 3 rings (SSSR count). The summed E-state index contributed by atoms with van der Waals surface area (Å²) in [5.74, 6) is -0.0773. The van der Waals surface area contributed by atoms with Gasteiger partial charge in [0.25, 0.3) is 0 Å². The molecule has 1 aromatic heterocycles. The quantitative estimate of drug-likeness (QED) is 0.939. The van der Waals surface area contributed by atoms with Gasteiger partial charge in [0.2, 0.25) is 0 Å². The Bertz CT molecular complexity index is 626. The summed E-state index contributed by atoms with van der Waals surface area (Å²) in [5.41, 5.74) is 1.95. The molecule has 1 atom stereocenters. The first-order chi connectivity index (χ1) is 9.72. The van der Waals surface area contributed by atoms with Gasteiger partial charge in [-0.25, -0.2) is 9.37 Å². The van der Waals surface area contributed by atoms with Crippen molar-refractivity contribution in [2.45, 2.75) is 25.3 Å². The van der Waals surface area contributed by atoms with Gasteiger partial charge in [0.15, 0.2) is 11.6 Å². The van der Waals surface area contributed by atoms with Crippen molar-refractivity contribution in [1.29, 1.82) is 0 Å². The highest BCUT2D eigenvalue weighted by Crippen LogP contribution is 2.37. The van der Waals surface area contributed by atoms with Gasteiger partial charge in [0.1, 0.15) is 5.01 Å². The van der Waals surface area contributed by atoms with Crippen molar-refractivity contribution in [3.63, 3.8) is 0 Å². The van der Waals surface area contributed by atoms with Crippen molar-refractivity contribution in [2.75, 3.05) is 14.2 Å². The largest absolute Gasteiger partial charge is 0.494 e. The Labute approximate surface area is 121 Å². The predicted octanol–water partition coefficient (Wildman–Crippen LogP) is 3.55. The van der Waals surface area contributed by atoms with Gasteiger partial charge in [0, 0.05) is 10.4 Å². The zero-order valence-electron chi connectivity index (χ0n) is 11.6. The van der Waals surface area contributed by atoms with E-state index in [9.17, 15) is 4.39 Å². The van der Waals surface area contributed by atoms with E-state index in [0.29, 0.717) is 6.04 Å². The molecule has 0 amide bonds. The van der Waals surface area contributed by atoms with Gasteiger partial charge in [-0.2, -0.15) is 0 Å². The maximum absolute atomic E-state index is 13.8. The van der Waals surface area contributed by atoms with Gasteiger partial charge in [-0.15, -0.1) is 11.3 Å². The Kier molecular flexibility index (Phi) is 3.72. The van der Waals surface area contributed by atoms with Gasteiger partial charge < -0.3 is 10.1 Å². The minimum absolute atomic E-state index is 0.267. The zero-order valence-corrected chi connectivity index (χ0v) is 12.4. The van der Waals surface area contributed by atoms with Crippen LogP contribution in [0.1, 0.15) is 29.5 Å². The molecule has 0 spiro atoms. The van der Waals surface area contributed by atoms with Crippen LogP contribution in [0, 0.1) is 5.82 Å². The Hall–Kier alpha value is -1.46. The maximum Gasteiger partial charge on any atom is 0.165 e. The van der Waals surface area contributed by atoms with Gasteiger partial charge in [0.05, 0.1) is 18.8 Å². The minimum Gasteiger partial charge on any atom is -0.494 e. The molecule has 1 unspecified atom stereocenters. The van der Waals surface area contributed by atoms with E-state index in [-0.39, 0.29) is 11.6 Å². The molecule has 0 radical (unpaired) electrons. The summed E-state index contributed by atoms with van der Waals surface area (Å²) in [5, 5.41) is 4.19. The number of nitrogens with one attached hydrogen (secondary N) is 1. The van der Waals surface area contributed by atoms with Gasteiger partial charge in [-0.1, -0.05) is 0 Å². The molecule has 2 aromatic rings. The van der Waals surface area contributed by atoms with Crippen LogP contribution in [0.2, 0.25) is 0 Å². The number of hydrogen-bond acceptors (Lipinski definition) is 4. The fourth-order valence-corrected chi connectivity index (χ4v) is 3.78. The molecule has 1 N–H and O–H groups in total. The maximum atomic E-state index is 13.8. The van der Waals surface area contributed by atoms with Gasteiger partial charge in [-0.3, -0.25) is 0 Å². The van der Waals surface area contributed by atoms with Crippen molar-refractivity contribution in [3.8, 4) is 16.3 Å². The van der Waals surface area contributed by atoms with Crippen LogP contribution in [0.15, 0.2) is 18.2 Å². The fraction of sp³-hybridized carbons (Fsp3) is 0.400. The van der Waals surface area contributed by atoms with Crippen molar-refractivity contribution < 1.29 is 9.13 Å². The molecule has 0 bridgehead atoms. The SMILES string of the molecule is CNC1CCCc2sc(-c3ccc(OC)c(F)c3)nc21. The predicted molar refractivity (Wildman–Crippen MR) is 78.8 cm³/mol. The lowest BCUT2D eigenvalue weighted by molar-refractivity contribution is 0.386. The van der Waals surface area contributed by atoms with Crippen LogP contribution in [0.3, 0.4) is 0 Å². The number of aromatic nitrogens is 1. The lowest BCUT2D eigenvalue weighted by Crippen LogP contribution is -2.21. The number of benzene rings is 1. The first kappa shape index (κ1) is 13.5. The molecule has 1 heterocycles. The van der Waals surface area contributed by atoms with Crippen molar-refractivity contribution in [3.05, 3.63) is 34.6 Å². The second-order valence-corrected chi connectivity index (χ2v) is 5.99. The number of nitrogens with zero attached hydrogens (tertiary/aromatic N) is 1. The number of rotatable bonds is 3. The van der Waals surface area contributed by atoms with Crippen LogP contribution in [-0.4, -0.2) is 19.1 Å². The Morgan fingerprint density at radius 2 is 2.30 bits per heavy atom. The average molecular weight is 292 g/mol. The van der Waals surface area contributed by atoms with E-state index in [1.54, 1.807) is 17.4 Å². The van der Waals surface area contributed by atoms with Crippen LogP contribution >= 0.6 is 11.3 Å². The number of thiazole rings is 1. The molecule has 0 saturated carbocycles. The third-order valence-corrected chi connectivity index (χ3v) is 4.88. The number of halogens is 1. The Balaban J connectivity index is 1.99. The first-order valence-electron chi connectivity index (χ1n) is 6.73. The molecule has 1 aliphatic carbocycles. The first-order valence-corrected chi connectivity index (χ1v) is 7.55. The summed E-state index contributed by atoms with van der Waals surface area (Å²) in [6, 6.07) is 5.34. The second-order valence-electron chi connectivity index (χ2n) is 4.91. The van der Waals surface area contributed by atoms with Crippen molar-refractivity contribution in [2.24, 2.45) is 0 Å². The van der Waals surface area contributed by atoms with E-state index < -0.39 is 0 Å². The Morgan fingerprint density at radius 3 is 3.00 bits per heavy atom. The molecule has 0 saturated heterocycles. The lowest BCUT2D eigenvalue weighted by atomic mass is 9.98. The van der Waals surface area contributed by atoms with Crippen molar-refractivity contribution in [1.82, 2.24) is 10.3 Å². The third-order valence-electron chi connectivity index (χ3n) is 3.70. The number of aryl methyl sites for hydroxylation is 1. The molecule has 0 aliphatic heterocycles. The summed E-state index contributed by atoms with van der Waals surface area (Å²) in [6.45, 7) is 0. The fourth-order valence-electron chi connectivity index (χ4n) is 2.62. The summed E-state index contributed by atoms with van der Waals surface area (Å²) in [6.07, 6.45) is 3.37. The second kappa shape index (κ2) is 5.50. The molecule has 1 aromatic carbocycles. The highest BCUT2D eigenvalue weighted by molar-refractivity contribution is 7.15. The van der Waals surface area contributed by atoms with E-state index in [0.717, 1.165) is 29.1 Å². The molecule has 3 nitrogen and oxygen atoms in total. The minimum atomic E-state index is -0.344. The number of fused-ring (bicyclic) bond motifs is 1. The molecule has 1 aliphatic rings. The monoisotopic (exact) mass is 292 g/mol. The van der Waals surface area contributed by atoms with Crippen LogP contribution in [-0.2, 0) is 6.42 Å². The number of ether oxygens (including phenoxy) is 1. The van der Waals surface area contributed by atoms with Crippen molar-refractivity contribution >= 4 is 11.3 Å². The lowest BCUT2D eigenvalue weighted by Gasteiger charge is -2.19. The van der Waals surface area contributed by atoms with Crippen LogP contribution in [0.4, 0.5) is 4.39 Å². The van der Waals surface area contributed by atoms with Gasteiger partial charge in [-0.05, 0) is 44.5 Å². The normalized spacial score (nSPS) is 17.9. The third kappa shape index (κ3) is 2.31. The topological polar surface area (TPSA) is 34.1 Å². The molecular weight excluding hydrogens is 275 g/mol. The Morgan fingerprint density at radius 1 is 1.45 bits per heavy atom. The summed E-state index contributed by atoms with van der Waals surface area (Å²) in [4.78, 5) is 6.04. The highest BCUT2D eigenvalue weighted by atomic mass is 32.1. The zero-order chi connectivity index (χ0) is 14.1. The smallest absolute Gasteiger partial charge is 0.165 e.